The van der Waals surface area contributed by atoms with Gasteiger partial charge in [0.15, 0.2) is 0 Å². The number of carbonyl (C=O) groups is 3. The third kappa shape index (κ3) is 5.26. The maximum atomic E-state index is 12.7. The minimum atomic E-state index is -0.410. The first kappa shape index (κ1) is 21.6. The van der Waals surface area contributed by atoms with E-state index in [1.54, 1.807) is 29.2 Å². The molecule has 6 heteroatoms. The van der Waals surface area contributed by atoms with Crippen LogP contribution in [-0.2, 0) is 16.0 Å². The molecule has 1 saturated heterocycles. The molecule has 1 heterocycles. The third-order valence-electron chi connectivity index (χ3n) is 5.06. The van der Waals surface area contributed by atoms with E-state index >= 15 is 0 Å². The van der Waals surface area contributed by atoms with Crippen molar-refractivity contribution in [3.8, 4) is 0 Å². The molecule has 30 heavy (non-hydrogen) atoms. The Bertz CT molecular complexity index is 928. The van der Waals surface area contributed by atoms with Crippen molar-refractivity contribution in [3.63, 3.8) is 0 Å². The molecule has 0 bridgehead atoms. The Kier molecular flexibility index (Phi) is 6.25. The van der Waals surface area contributed by atoms with Gasteiger partial charge in [0.2, 0.25) is 11.8 Å². The summed E-state index contributed by atoms with van der Waals surface area (Å²) in [6, 6.07) is 14.6. The second kappa shape index (κ2) is 8.69. The molecule has 1 unspecified atom stereocenters. The summed E-state index contributed by atoms with van der Waals surface area (Å²) in [5, 5.41) is 5.76. The average Bonchev–Trinajstić information content (AvgIpc) is 3.09. The number of carbonyl (C=O) groups excluding carboxylic acids is 3. The number of rotatable bonds is 5. The molecule has 2 aromatic carbocycles. The Morgan fingerprint density at radius 3 is 2.23 bits per heavy atom. The maximum Gasteiger partial charge on any atom is 0.251 e. The van der Waals surface area contributed by atoms with Crippen LogP contribution in [0.1, 0.15) is 50.0 Å². The number of nitrogens with zero attached hydrogens (tertiary/aromatic N) is 1. The van der Waals surface area contributed by atoms with Crippen molar-refractivity contribution in [2.24, 2.45) is 5.92 Å². The molecule has 0 spiro atoms. The van der Waals surface area contributed by atoms with E-state index in [0.29, 0.717) is 17.8 Å². The number of benzene rings is 2. The molecule has 0 saturated carbocycles. The molecule has 2 N–H and O–H groups in total. The van der Waals surface area contributed by atoms with Crippen molar-refractivity contribution in [3.05, 3.63) is 59.7 Å². The van der Waals surface area contributed by atoms with Crippen molar-refractivity contribution in [1.82, 2.24) is 5.32 Å². The molecule has 6 nitrogen and oxygen atoms in total. The fourth-order valence-corrected chi connectivity index (χ4v) is 3.41. The minimum Gasteiger partial charge on any atom is -0.347 e. The molecule has 3 rings (SSSR count). The summed E-state index contributed by atoms with van der Waals surface area (Å²) < 4.78 is 0. The molecule has 3 amide bonds. The smallest absolute Gasteiger partial charge is 0.251 e. The van der Waals surface area contributed by atoms with Crippen LogP contribution in [0.25, 0.3) is 0 Å². The Hall–Kier alpha value is -3.15. The van der Waals surface area contributed by atoms with Crippen LogP contribution in [-0.4, -0.2) is 29.8 Å². The van der Waals surface area contributed by atoms with Gasteiger partial charge in [-0.15, -0.1) is 0 Å². The molecule has 1 aliphatic rings. The minimum absolute atomic E-state index is 0.0476. The van der Waals surface area contributed by atoms with E-state index < -0.39 is 5.92 Å². The van der Waals surface area contributed by atoms with E-state index in [2.05, 4.69) is 17.6 Å². The number of hydrogen-bond acceptors (Lipinski definition) is 3. The number of hydrogen-bond donors (Lipinski definition) is 2. The van der Waals surface area contributed by atoms with Gasteiger partial charge in [-0.05, 0) is 69.2 Å². The summed E-state index contributed by atoms with van der Waals surface area (Å²) in [6.45, 7) is 8.21. The maximum absolute atomic E-state index is 12.7. The fourth-order valence-electron chi connectivity index (χ4n) is 3.41. The lowest BCUT2D eigenvalue weighted by atomic mass is 10.1. The second-order valence-corrected chi connectivity index (χ2v) is 8.70. The first-order valence-corrected chi connectivity index (χ1v) is 10.3. The number of anilines is 2. The number of amides is 3. The standard InChI is InChI=1S/C24H29N3O3/c1-5-16-6-12-20(13-7-16)27-15-18(14-21(27)28)22(29)25-19-10-8-17(9-11-19)23(30)26-24(2,3)4/h6-13,18H,5,14-15H2,1-4H3,(H,25,29)(H,26,30). The van der Waals surface area contributed by atoms with Gasteiger partial charge in [-0.3, -0.25) is 14.4 Å². The predicted octanol–water partition coefficient (Wildman–Crippen LogP) is 3.77. The SMILES string of the molecule is CCc1ccc(N2CC(C(=O)Nc3ccc(C(=O)NC(C)(C)C)cc3)CC2=O)cc1. The van der Waals surface area contributed by atoms with Crippen LogP contribution < -0.4 is 15.5 Å². The van der Waals surface area contributed by atoms with E-state index in [1.807, 2.05) is 45.0 Å². The highest BCUT2D eigenvalue weighted by Gasteiger charge is 2.35. The van der Waals surface area contributed by atoms with Gasteiger partial charge in [-0.25, -0.2) is 0 Å². The molecule has 0 aliphatic carbocycles. The van der Waals surface area contributed by atoms with Crippen molar-refractivity contribution in [2.75, 3.05) is 16.8 Å². The molecule has 1 atom stereocenters. The van der Waals surface area contributed by atoms with E-state index in [0.717, 1.165) is 12.1 Å². The van der Waals surface area contributed by atoms with E-state index in [1.165, 1.54) is 5.56 Å². The highest BCUT2D eigenvalue weighted by molar-refractivity contribution is 6.03. The van der Waals surface area contributed by atoms with Crippen molar-refractivity contribution >= 4 is 29.1 Å². The van der Waals surface area contributed by atoms with Gasteiger partial charge >= 0.3 is 0 Å². The molecule has 1 aliphatic heterocycles. The Labute approximate surface area is 177 Å². The van der Waals surface area contributed by atoms with Crippen LogP contribution in [0.5, 0.6) is 0 Å². The highest BCUT2D eigenvalue weighted by Crippen LogP contribution is 2.26. The van der Waals surface area contributed by atoms with Gasteiger partial charge in [-0.2, -0.15) is 0 Å². The lowest BCUT2D eigenvalue weighted by Crippen LogP contribution is -2.40. The summed E-state index contributed by atoms with van der Waals surface area (Å²) in [4.78, 5) is 39.0. The Morgan fingerprint density at radius 2 is 1.67 bits per heavy atom. The van der Waals surface area contributed by atoms with Gasteiger partial charge in [0.25, 0.3) is 5.91 Å². The van der Waals surface area contributed by atoms with Crippen molar-refractivity contribution < 1.29 is 14.4 Å². The summed E-state index contributed by atoms with van der Waals surface area (Å²) >= 11 is 0. The summed E-state index contributed by atoms with van der Waals surface area (Å²) in [5.74, 6) is -0.810. The average molecular weight is 408 g/mol. The summed E-state index contributed by atoms with van der Waals surface area (Å²) in [7, 11) is 0. The zero-order chi connectivity index (χ0) is 21.9. The zero-order valence-electron chi connectivity index (χ0n) is 18.0. The van der Waals surface area contributed by atoms with Crippen LogP contribution in [0.4, 0.5) is 11.4 Å². The second-order valence-electron chi connectivity index (χ2n) is 8.70. The van der Waals surface area contributed by atoms with Gasteiger partial charge < -0.3 is 15.5 Å². The molecular weight excluding hydrogens is 378 g/mol. The topological polar surface area (TPSA) is 78.5 Å². The Balaban J connectivity index is 1.60. The molecule has 0 aromatic heterocycles. The third-order valence-corrected chi connectivity index (χ3v) is 5.06. The van der Waals surface area contributed by atoms with E-state index in [-0.39, 0.29) is 29.7 Å². The summed E-state index contributed by atoms with van der Waals surface area (Å²) in [6.07, 6.45) is 1.13. The Morgan fingerprint density at radius 1 is 1.03 bits per heavy atom. The largest absolute Gasteiger partial charge is 0.347 e. The van der Waals surface area contributed by atoms with Gasteiger partial charge in [-0.1, -0.05) is 19.1 Å². The first-order valence-electron chi connectivity index (χ1n) is 10.3. The van der Waals surface area contributed by atoms with Crippen LogP contribution in [0, 0.1) is 5.92 Å². The number of nitrogens with one attached hydrogen (secondary N) is 2. The summed E-state index contributed by atoms with van der Waals surface area (Å²) in [5.41, 5.74) is 2.84. The molecule has 2 aromatic rings. The van der Waals surface area contributed by atoms with Gasteiger partial charge in [0, 0.05) is 35.4 Å². The molecule has 1 fully saturated rings. The molecule has 0 radical (unpaired) electrons. The van der Waals surface area contributed by atoms with Gasteiger partial charge in [0.05, 0.1) is 5.92 Å². The zero-order valence-corrected chi connectivity index (χ0v) is 18.0. The fraction of sp³-hybridized carbons (Fsp3) is 0.375. The van der Waals surface area contributed by atoms with Crippen LogP contribution in [0.3, 0.4) is 0 Å². The van der Waals surface area contributed by atoms with E-state index in [9.17, 15) is 14.4 Å². The molecule has 158 valence electrons. The predicted molar refractivity (Wildman–Crippen MR) is 119 cm³/mol. The van der Waals surface area contributed by atoms with Crippen LogP contribution in [0.15, 0.2) is 48.5 Å². The van der Waals surface area contributed by atoms with Crippen molar-refractivity contribution in [1.29, 1.82) is 0 Å². The first-order chi connectivity index (χ1) is 14.2. The number of aryl methyl sites for hydroxylation is 1. The quantitative estimate of drug-likeness (QED) is 0.792. The lowest BCUT2D eigenvalue weighted by molar-refractivity contribution is -0.122. The molecular formula is C24H29N3O3. The van der Waals surface area contributed by atoms with Crippen LogP contribution >= 0.6 is 0 Å². The van der Waals surface area contributed by atoms with Gasteiger partial charge in [0.1, 0.15) is 0 Å². The van der Waals surface area contributed by atoms with Crippen LogP contribution in [0.2, 0.25) is 0 Å². The monoisotopic (exact) mass is 407 g/mol. The van der Waals surface area contributed by atoms with E-state index in [4.69, 9.17) is 0 Å². The normalized spacial score (nSPS) is 16.5. The highest BCUT2D eigenvalue weighted by atomic mass is 16.2. The lowest BCUT2D eigenvalue weighted by Gasteiger charge is -2.20. The van der Waals surface area contributed by atoms with Crippen molar-refractivity contribution in [2.45, 2.75) is 46.1 Å².